The molecule has 0 saturated carbocycles. The number of halogens is 3. The van der Waals surface area contributed by atoms with Crippen molar-refractivity contribution >= 4 is 23.2 Å². The van der Waals surface area contributed by atoms with Crippen molar-refractivity contribution in [3.8, 4) is 0 Å². The van der Waals surface area contributed by atoms with Gasteiger partial charge in [-0.1, -0.05) is 30.8 Å². The first-order valence-electron chi connectivity index (χ1n) is 9.56. The van der Waals surface area contributed by atoms with Crippen molar-refractivity contribution in [2.75, 3.05) is 37.6 Å². The molecule has 0 bridgehead atoms. The van der Waals surface area contributed by atoms with Gasteiger partial charge < -0.3 is 9.80 Å². The molecule has 2 amide bonds. The lowest BCUT2D eigenvalue weighted by Gasteiger charge is -2.37. The van der Waals surface area contributed by atoms with Gasteiger partial charge in [-0.25, -0.2) is 0 Å². The normalized spacial score (nSPS) is 16.8. The molecule has 2 heterocycles. The van der Waals surface area contributed by atoms with Crippen molar-refractivity contribution in [2.45, 2.75) is 6.18 Å². The van der Waals surface area contributed by atoms with E-state index in [2.05, 4.69) is 6.58 Å². The van der Waals surface area contributed by atoms with Crippen LogP contribution in [0, 0.1) is 0 Å². The molecule has 2 aliphatic rings. The predicted octanol–water partition coefficient (Wildman–Crippen LogP) is 3.48. The zero-order valence-corrected chi connectivity index (χ0v) is 16.2. The van der Waals surface area contributed by atoms with Crippen molar-refractivity contribution in [1.82, 2.24) is 9.80 Å². The van der Waals surface area contributed by atoms with Crippen LogP contribution in [0.3, 0.4) is 0 Å². The molecule has 2 aliphatic heterocycles. The minimum absolute atomic E-state index is 0.101. The number of hydrogen-bond acceptors (Lipinski definition) is 3. The third kappa shape index (κ3) is 3.65. The molecule has 4 rings (SSSR count). The highest BCUT2D eigenvalue weighted by atomic mass is 19.4. The quantitative estimate of drug-likeness (QED) is 0.771. The molecule has 2 aromatic rings. The first-order chi connectivity index (χ1) is 14.3. The van der Waals surface area contributed by atoms with Crippen LogP contribution < -0.4 is 4.90 Å². The van der Waals surface area contributed by atoms with Gasteiger partial charge in [0.05, 0.1) is 5.56 Å². The van der Waals surface area contributed by atoms with Crippen LogP contribution in [0.4, 0.5) is 18.9 Å². The largest absolute Gasteiger partial charge is 0.416 e. The molecule has 156 valence electrons. The summed E-state index contributed by atoms with van der Waals surface area (Å²) in [6.07, 6.45) is -4.39. The number of benzene rings is 2. The Morgan fingerprint density at radius 3 is 2.27 bits per heavy atom. The van der Waals surface area contributed by atoms with Gasteiger partial charge in [-0.2, -0.15) is 13.2 Å². The predicted molar refractivity (Wildman–Crippen MR) is 107 cm³/mol. The lowest BCUT2D eigenvalue weighted by atomic mass is 10.1. The number of nitrogens with zero attached hydrogens (tertiary/aromatic N) is 3. The molecule has 0 aromatic heterocycles. The lowest BCUT2D eigenvalue weighted by molar-refractivity contribution is -0.137. The van der Waals surface area contributed by atoms with Crippen molar-refractivity contribution < 1.29 is 22.8 Å². The molecule has 0 N–H and O–H groups in total. The smallest absolute Gasteiger partial charge is 0.368 e. The summed E-state index contributed by atoms with van der Waals surface area (Å²) in [5.74, 6) is -0.451. The Labute approximate surface area is 172 Å². The van der Waals surface area contributed by atoms with Crippen LogP contribution in [0.25, 0.3) is 5.70 Å². The average Bonchev–Trinajstić information content (AvgIpc) is 2.98. The fourth-order valence-corrected chi connectivity index (χ4v) is 3.83. The molecule has 1 fully saturated rings. The number of rotatable bonds is 3. The van der Waals surface area contributed by atoms with Gasteiger partial charge in [0.25, 0.3) is 5.91 Å². The monoisotopic (exact) mass is 415 g/mol. The maximum atomic E-state index is 12.9. The third-order valence-corrected chi connectivity index (χ3v) is 5.50. The van der Waals surface area contributed by atoms with Crippen molar-refractivity contribution in [3.05, 3.63) is 71.8 Å². The molecule has 0 unspecified atom stereocenters. The molecule has 2 aromatic carbocycles. The van der Waals surface area contributed by atoms with Gasteiger partial charge in [-0.3, -0.25) is 14.5 Å². The average molecular weight is 415 g/mol. The number of fused-ring (bicyclic) bond motifs is 1. The number of carbonyl (C=O) groups is 2. The van der Waals surface area contributed by atoms with Gasteiger partial charge in [0.15, 0.2) is 0 Å². The minimum atomic E-state index is -4.39. The first-order valence-corrected chi connectivity index (χ1v) is 9.56. The highest BCUT2D eigenvalue weighted by Crippen LogP contribution is 2.32. The van der Waals surface area contributed by atoms with E-state index in [0.717, 1.165) is 17.7 Å². The van der Waals surface area contributed by atoms with E-state index in [-0.39, 0.29) is 18.4 Å². The van der Waals surface area contributed by atoms with Crippen molar-refractivity contribution in [3.63, 3.8) is 0 Å². The third-order valence-electron chi connectivity index (χ3n) is 5.50. The Morgan fingerprint density at radius 2 is 1.63 bits per heavy atom. The van der Waals surface area contributed by atoms with Gasteiger partial charge >= 0.3 is 6.18 Å². The van der Waals surface area contributed by atoms with E-state index in [1.807, 2.05) is 11.0 Å². The number of carbonyl (C=O) groups excluding carboxylic acids is 2. The summed E-state index contributed by atoms with van der Waals surface area (Å²) in [5, 5.41) is 0. The van der Waals surface area contributed by atoms with Gasteiger partial charge in [0.1, 0.15) is 6.54 Å². The maximum Gasteiger partial charge on any atom is 0.416 e. The van der Waals surface area contributed by atoms with E-state index >= 15 is 0 Å². The fraction of sp³-hybridized carbons (Fsp3) is 0.273. The summed E-state index contributed by atoms with van der Waals surface area (Å²) in [6, 6.07) is 12.3. The van der Waals surface area contributed by atoms with Crippen LogP contribution >= 0.6 is 0 Å². The van der Waals surface area contributed by atoms with Crippen LogP contribution in [-0.4, -0.2) is 54.3 Å². The molecule has 8 heteroatoms. The highest BCUT2D eigenvalue weighted by molar-refractivity contribution is 6.10. The first kappa shape index (κ1) is 20.0. The van der Waals surface area contributed by atoms with Gasteiger partial charge in [0, 0.05) is 48.7 Å². The summed E-state index contributed by atoms with van der Waals surface area (Å²) < 4.78 is 38.8. The summed E-state index contributed by atoms with van der Waals surface area (Å²) in [5.41, 5.74) is 1.56. The second-order valence-corrected chi connectivity index (χ2v) is 7.30. The lowest BCUT2D eigenvalue weighted by Crippen LogP contribution is -2.51. The molecule has 0 aliphatic carbocycles. The Kier molecular flexibility index (Phi) is 5.01. The molecular weight excluding hydrogens is 395 g/mol. The fourth-order valence-electron chi connectivity index (χ4n) is 3.83. The van der Waals surface area contributed by atoms with Crippen molar-refractivity contribution in [1.29, 1.82) is 0 Å². The van der Waals surface area contributed by atoms with Gasteiger partial charge in [-0.15, -0.1) is 0 Å². The number of piperazine rings is 1. The van der Waals surface area contributed by atoms with E-state index in [4.69, 9.17) is 0 Å². The zero-order chi connectivity index (χ0) is 21.5. The van der Waals surface area contributed by atoms with Crippen LogP contribution in [0.5, 0.6) is 0 Å². The minimum Gasteiger partial charge on any atom is -0.368 e. The van der Waals surface area contributed by atoms with E-state index in [1.54, 1.807) is 29.2 Å². The topological polar surface area (TPSA) is 43.9 Å². The second-order valence-electron chi connectivity index (χ2n) is 7.30. The molecule has 0 radical (unpaired) electrons. The van der Waals surface area contributed by atoms with Crippen LogP contribution in [0.2, 0.25) is 0 Å². The van der Waals surface area contributed by atoms with E-state index in [9.17, 15) is 22.8 Å². The van der Waals surface area contributed by atoms with E-state index in [0.29, 0.717) is 43.1 Å². The Morgan fingerprint density at radius 1 is 0.967 bits per heavy atom. The highest BCUT2D eigenvalue weighted by Gasteiger charge is 2.34. The Balaban J connectivity index is 1.38. The number of amides is 2. The molecule has 0 spiro atoms. The standard InChI is InChI=1S/C22H20F3N3O2/c1-15-18-7-2-3-8-19(18)21(30)28(15)14-20(29)27-11-9-26(10-12-27)17-6-4-5-16(13-17)22(23,24)25/h2-8,13H,1,9-12,14H2. The summed E-state index contributed by atoms with van der Waals surface area (Å²) in [7, 11) is 0. The van der Waals surface area contributed by atoms with Crippen molar-refractivity contribution in [2.24, 2.45) is 0 Å². The van der Waals surface area contributed by atoms with Gasteiger partial charge in [-0.05, 0) is 24.3 Å². The maximum absolute atomic E-state index is 12.9. The summed E-state index contributed by atoms with van der Waals surface area (Å²) >= 11 is 0. The van der Waals surface area contributed by atoms with Crippen LogP contribution in [0.15, 0.2) is 55.1 Å². The molecule has 0 atom stereocenters. The summed E-state index contributed by atoms with van der Waals surface area (Å²) in [6.45, 7) is 5.42. The number of anilines is 1. The molecule has 30 heavy (non-hydrogen) atoms. The zero-order valence-electron chi connectivity index (χ0n) is 16.2. The molecule has 1 saturated heterocycles. The Hall–Kier alpha value is -3.29. The number of hydrogen-bond donors (Lipinski definition) is 0. The van der Waals surface area contributed by atoms with Gasteiger partial charge in [0.2, 0.25) is 5.91 Å². The van der Waals surface area contributed by atoms with E-state index < -0.39 is 11.7 Å². The SMILES string of the molecule is C=C1c2ccccc2C(=O)N1CC(=O)N1CCN(c2cccc(C(F)(F)F)c2)CC1. The second kappa shape index (κ2) is 7.51. The Bertz CT molecular complexity index is 976. The van der Waals surface area contributed by atoms with E-state index in [1.165, 1.54) is 11.0 Å². The number of alkyl halides is 3. The molecule has 5 nitrogen and oxygen atoms in total. The van der Waals surface area contributed by atoms with Crippen LogP contribution in [-0.2, 0) is 11.0 Å². The molecular formula is C22H20F3N3O2. The van der Waals surface area contributed by atoms with Crippen LogP contribution in [0.1, 0.15) is 21.5 Å². The summed E-state index contributed by atoms with van der Waals surface area (Å²) in [4.78, 5) is 30.2.